The first-order valence-electron chi connectivity index (χ1n) is 18.8. The zero-order chi connectivity index (χ0) is 38.6. The highest BCUT2D eigenvalue weighted by Crippen LogP contribution is 2.41. The molecule has 4 aromatic rings. The molecule has 8 rings (SSSR count). The first kappa shape index (κ1) is 36.0. The summed E-state index contributed by atoms with van der Waals surface area (Å²) in [7, 11) is 0. The van der Waals surface area contributed by atoms with Crippen LogP contribution in [0, 0.1) is 11.8 Å². The number of imide groups is 1. The van der Waals surface area contributed by atoms with Crippen LogP contribution in [0.25, 0.3) is 22.3 Å². The molecule has 2 aromatic carbocycles. The van der Waals surface area contributed by atoms with Gasteiger partial charge in [-0.2, -0.15) is 0 Å². The predicted molar refractivity (Wildman–Crippen MR) is 200 cm³/mol. The van der Waals surface area contributed by atoms with Gasteiger partial charge in [-0.15, -0.1) is 0 Å². The second kappa shape index (κ2) is 14.0. The molecule has 1 fully saturated rings. The van der Waals surface area contributed by atoms with E-state index in [4.69, 9.17) is 14.5 Å². The van der Waals surface area contributed by atoms with Crippen LogP contribution >= 0.6 is 0 Å². The van der Waals surface area contributed by atoms with Crippen LogP contribution in [0.15, 0.2) is 65.5 Å². The number of hydrogen-bond acceptors (Lipinski definition) is 10. The molecular weight excluding hydrogens is 704 g/mol. The second-order valence-corrected chi connectivity index (χ2v) is 14.7. The van der Waals surface area contributed by atoms with E-state index in [0.29, 0.717) is 66.1 Å². The van der Waals surface area contributed by atoms with Crippen molar-refractivity contribution in [1.82, 2.24) is 14.5 Å². The average molecular weight is 745 g/mol. The molecule has 13 nitrogen and oxygen atoms in total. The zero-order valence-electron chi connectivity index (χ0n) is 30.6. The summed E-state index contributed by atoms with van der Waals surface area (Å²) in [6.07, 6.45) is 6.61. The summed E-state index contributed by atoms with van der Waals surface area (Å²) < 4.78 is 12.6. The third kappa shape index (κ3) is 6.31. The Morgan fingerprint density at radius 3 is 2.38 bits per heavy atom. The lowest BCUT2D eigenvalue weighted by Gasteiger charge is -2.32. The van der Waals surface area contributed by atoms with Crippen molar-refractivity contribution in [2.24, 2.45) is 11.8 Å². The van der Waals surface area contributed by atoms with Gasteiger partial charge in [-0.1, -0.05) is 20.3 Å². The Morgan fingerprint density at radius 2 is 1.69 bits per heavy atom. The van der Waals surface area contributed by atoms with Crippen molar-refractivity contribution in [2.45, 2.75) is 77.5 Å². The Labute approximate surface area is 315 Å². The molecule has 1 atom stereocenters. The fourth-order valence-corrected chi connectivity index (χ4v) is 8.45. The standard InChI is InChI=1S/C42H40N4O9/c1-3-17-42(53)32-19-34-37-30(21-45(34)39(50)31(32)22-54-41(42)52)28(4-2)29-18-27(13-14-33(29)44-37)55-40(51)25-9-11-26(12-10-25)43-38(49)24-7-5-23(6-8-24)20-46-35(47)15-16-36(46)48/h9-16,18-19,23-24,53H,3-8,17,20-22H2,1-2H3,(H,43,49). The summed E-state index contributed by atoms with van der Waals surface area (Å²) in [5, 5.41) is 15.1. The molecular formula is C42H40N4O9. The lowest BCUT2D eigenvalue weighted by molar-refractivity contribution is -0.172. The van der Waals surface area contributed by atoms with Crippen molar-refractivity contribution < 1.29 is 38.6 Å². The highest BCUT2D eigenvalue weighted by molar-refractivity contribution is 6.12. The smallest absolute Gasteiger partial charge is 0.343 e. The zero-order valence-corrected chi connectivity index (χ0v) is 30.6. The van der Waals surface area contributed by atoms with E-state index in [9.17, 15) is 33.9 Å². The SMILES string of the molecule is CCCC1(O)C(=O)OCc2c1cc1n(c2=O)Cc2c-1nc1ccc(OC(=O)c3ccc(NC(=O)C4CCC(CN5C(=O)C=CC5=O)CC4)cc3)cc1c2CC. The maximum absolute atomic E-state index is 13.7. The summed E-state index contributed by atoms with van der Waals surface area (Å²) >= 11 is 0. The van der Waals surface area contributed by atoms with Gasteiger partial charge in [0.1, 0.15) is 12.4 Å². The minimum atomic E-state index is -1.90. The molecule has 0 saturated heterocycles. The van der Waals surface area contributed by atoms with E-state index in [1.165, 1.54) is 17.1 Å². The molecule has 3 amide bonds. The maximum Gasteiger partial charge on any atom is 0.343 e. The first-order chi connectivity index (χ1) is 26.5. The highest BCUT2D eigenvalue weighted by atomic mass is 16.6. The fourth-order valence-electron chi connectivity index (χ4n) is 8.45. The number of benzene rings is 2. The number of ether oxygens (including phenoxy) is 2. The Bertz CT molecular complexity index is 2370. The molecule has 4 aliphatic rings. The lowest BCUT2D eigenvalue weighted by atomic mass is 9.81. The van der Waals surface area contributed by atoms with Crippen molar-refractivity contribution in [3.05, 3.63) is 98.9 Å². The lowest BCUT2D eigenvalue weighted by Crippen LogP contribution is -2.44. The molecule has 13 heteroatoms. The first-order valence-corrected chi connectivity index (χ1v) is 18.8. The van der Waals surface area contributed by atoms with Gasteiger partial charge in [0, 0.05) is 46.8 Å². The van der Waals surface area contributed by atoms with E-state index in [2.05, 4.69) is 5.32 Å². The average Bonchev–Trinajstić information content (AvgIpc) is 3.71. The molecule has 0 bridgehead atoms. The molecule has 1 aliphatic carbocycles. The van der Waals surface area contributed by atoms with Gasteiger partial charge in [-0.3, -0.25) is 24.1 Å². The molecule has 3 aliphatic heterocycles. The van der Waals surface area contributed by atoms with Crippen LogP contribution in [0.2, 0.25) is 0 Å². The molecule has 0 spiro atoms. The summed E-state index contributed by atoms with van der Waals surface area (Å²) in [5.41, 5.74) is 2.73. The number of nitrogens with one attached hydrogen (secondary N) is 1. The molecule has 1 unspecified atom stereocenters. The van der Waals surface area contributed by atoms with Crippen LogP contribution in [0.5, 0.6) is 5.75 Å². The molecule has 55 heavy (non-hydrogen) atoms. The topological polar surface area (TPSA) is 174 Å². The van der Waals surface area contributed by atoms with Crippen molar-refractivity contribution in [2.75, 3.05) is 11.9 Å². The minimum Gasteiger partial charge on any atom is -0.458 e. The number of nitrogens with zero attached hydrogens (tertiary/aromatic N) is 3. The van der Waals surface area contributed by atoms with Gasteiger partial charge in [-0.25, -0.2) is 14.6 Å². The summed E-state index contributed by atoms with van der Waals surface area (Å²) in [4.78, 5) is 82.7. The summed E-state index contributed by atoms with van der Waals surface area (Å²) in [6, 6.07) is 13.4. The van der Waals surface area contributed by atoms with E-state index < -0.39 is 17.5 Å². The van der Waals surface area contributed by atoms with Crippen molar-refractivity contribution in [3.8, 4) is 17.1 Å². The number of pyridine rings is 2. The molecule has 2 N–H and O–H groups in total. The number of esters is 2. The largest absolute Gasteiger partial charge is 0.458 e. The molecule has 2 aromatic heterocycles. The molecule has 5 heterocycles. The summed E-state index contributed by atoms with van der Waals surface area (Å²) in [6.45, 7) is 4.29. The number of rotatable bonds is 9. The number of aliphatic hydroxyl groups is 1. The Balaban J connectivity index is 0.947. The van der Waals surface area contributed by atoms with Crippen molar-refractivity contribution in [3.63, 3.8) is 0 Å². The molecule has 1 saturated carbocycles. The number of aryl methyl sites for hydroxylation is 1. The number of anilines is 1. The van der Waals surface area contributed by atoms with Gasteiger partial charge >= 0.3 is 11.9 Å². The van der Waals surface area contributed by atoms with Crippen LogP contribution in [0.4, 0.5) is 5.69 Å². The Morgan fingerprint density at radius 1 is 0.964 bits per heavy atom. The number of aromatic nitrogens is 2. The third-order valence-electron chi connectivity index (χ3n) is 11.4. The van der Waals surface area contributed by atoms with Crippen molar-refractivity contribution in [1.29, 1.82) is 0 Å². The number of carbonyl (C=O) groups excluding carboxylic acids is 5. The Hall–Kier alpha value is -5.95. The van der Waals surface area contributed by atoms with Crippen LogP contribution in [-0.2, 0) is 49.1 Å². The van der Waals surface area contributed by atoms with E-state index in [1.54, 1.807) is 53.1 Å². The number of hydrogen-bond donors (Lipinski definition) is 2. The molecule has 282 valence electrons. The van der Waals surface area contributed by atoms with E-state index in [0.717, 1.165) is 29.4 Å². The van der Waals surface area contributed by atoms with Crippen LogP contribution in [-0.4, -0.2) is 55.8 Å². The monoisotopic (exact) mass is 744 g/mol. The van der Waals surface area contributed by atoms with Gasteiger partial charge in [0.25, 0.3) is 17.4 Å². The Kier molecular flexibility index (Phi) is 9.20. The van der Waals surface area contributed by atoms with Crippen LogP contribution < -0.4 is 15.6 Å². The van der Waals surface area contributed by atoms with Gasteiger partial charge < -0.3 is 24.5 Å². The quantitative estimate of drug-likeness (QED) is 0.120. The van der Waals surface area contributed by atoms with Gasteiger partial charge in [-0.05, 0) is 98.5 Å². The fraction of sp³-hybridized carbons (Fsp3) is 0.357. The third-order valence-corrected chi connectivity index (χ3v) is 11.4. The van der Waals surface area contributed by atoms with E-state index in [1.807, 2.05) is 13.8 Å². The molecule has 0 radical (unpaired) electrons. The van der Waals surface area contributed by atoms with Crippen LogP contribution in [0.3, 0.4) is 0 Å². The number of fused-ring (bicyclic) bond motifs is 5. The second-order valence-electron chi connectivity index (χ2n) is 14.7. The summed E-state index contributed by atoms with van der Waals surface area (Å²) in [5.74, 6) is -1.71. The van der Waals surface area contributed by atoms with E-state index >= 15 is 0 Å². The van der Waals surface area contributed by atoms with Gasteiger partial charge in [0.05, 0.1) is 34.6 Å². The number of cyclic esters (lactones) is 1. The van der Waals surface area contributed by atoms with Gasteiger partial charge in [0.15, 0.2) is 5.60 Å². The predicted octanol–water partition coefficient (Wildman–Crippen LogP) is 4.92. The number of amides is 3. The van der Waals surface area contributed by atoms with Crippen molar-refractivity contribution >= 4 is 46.3 Å². The van der Waals surface area contributed by atoms with E-state index in [-0.39, 0.29) is 65.8 Å². The number of carbonyl (C=O) groups is 5. The van der Waals surface area contributed by atoms with Crippen LogP contribution in [0.1, 0.15) is 85.0 Å². The minimum absolute atomic E-state index is 0.110. The highest BCUT2D eigenvalue weighted by Gasteiger charge is 2.46. The maximum atomic E-state index is 13.7. The van der Waals surface area contributed by atoms with Gasteiger partial charge in [0.2, 0.25) is 5.91 Å². The normalized spacial score (nSPS) is 21.3.